The lowest BCUT2D eigenvalue weighted by molar-refractivity contribution is -0.137. The van der Waals surface area contributed by atoms with Gasteiger partial charge in [0, 0.05) is 19.0 Å². The number of rotatable bonds is 9. The molecule has 0 aliphatic heterocycles. The first-order valence-electron chi connectivity index (χ1n) is 7.57. The highest BCUT2D eigenvalue weighted by atomic mass is 16.5. The smallest absolute Gasteiger partial charge is 0.340 e. The van der Waals surface area contributed by atoms with Gasteiger partial charge >= 0.3 is 18.0 Å². The molecular formula is C16H22N2O8. The van der Waals surface area contributed by atoms with Gasteiger partial charge in [-0.25, -0.2) is 9.59 Å². The molecule has 0 aliphatic rings. The number of anilines is 1. The topological polar surface area (TPSA) is 132 Å². The molecule has 10 heteroatoms. The highest BCUT2D eigenvalue weighted by Gasteiger charge is 2.26. The highest BCUT2D eigenvalue weighted by Crippen LogP contribution is 2.45. The minimum atomic E-state index is -0.957. The van der Waals surface area contributed by atoms with Gasteiger partial charge in [-0.1, -0.05) is 0 Å². The molecule has 0 bridgehead atoms. The van der Waals surface area contributed by atoms with Crippen LogP contribution in [0.25, 0.3) is 0 Å². The van der Waals surface area contributed by atoms with E-state index in [0.29, 0.717) is 0 Å². The van der Waals surface area contributed by atoms with Crippen LogP contribution in [0, 0.1) is 0 Å². The first-order valence-corrected chi connectivity index (χ1v) is 7.57. The molecule has 0 heterocycles. The Labute approximate surface area is 150 Å². The third-order valence-electron chi connectivity index (χ3n) is 3.33. The van der Waals surface area contributed by atoms with Crippen molar-refractivity contribution in [3.8, 4) is 17.2 Å². The standard InChI is InChI=1S/C16H22N2O8/c1-23-10-8-9(15(21)26-4)12(14(25-3)13(10)24-2)18-16(22)17-7-5-6-11(19)20/h8H,5-7H2,1-4H3,(H,19,20)(H2,17,18,22). The fraction of sp³-hybridized carbons (Fsp3) is 0.438. The van der Waals surface area contributed by atoms with Gasteiger partial charge in [0.15, 0.2) is 11.5 Å². The van der Waals surface area contributed by atoms with Crippen LogP contribution in [0.15, 0.2) is 6.07 Å². The Kier molecular flexibility index (Phi) is 8.00. The number of amides is 2. The molecule has 0 spiro atoms. The summed E-state index contributed by atoms with van der Waals surface area (Å²) < 4.78 is 20.4. The summed E-state index contributed by atoms with van der Waals surface area (Å²) in [5.74, 6) is -1.19. The van der Waals surface area contributed by atoms with Crippen molar-refractivity contribution in [2.75, 3.05) is 40.3 Å². The Balaban J connectivity index is 3.15. The largest absolute Gasteiger partial charge is 0.493 e. The van der Waals surface area contributed by atoms with Gasteiger partial charge in [0.25, 0.3) is 0 Å². The van der Waals surface area contributed by atoms with Crippen LogP contribution in [-0.4, -0.2) is 58.1 Å². The maximum atomic E-state index is 12.1. The van der Waals surface area contributed by atoms with E-state index in [1.807, 2.05) is 0 Å². The van der Waals surface area contributed by atoms with Crippen molar-refractivity contribution in [2.45, 2.75) is 12.8 Å². The van der Waals surface area contributed by atoms with Crippen molar-refractivity contribution in [1.29, 1.82) is 0 Å². The van der Waals surface area contributed by atoms with Crippen LogP contribution >= 0.6 is 0 Å². The molecule has 0 fully saturated rings. The van der Waals surface area contributed by atoms with Crippen molar-refractivity contribution in [3.63, 3.8) is 0 Å². The number of hydrogen-bond donors (Lipinski definition) is 3. The zero-order chi connectivity index (χ0) is 19.7. The second-order valence-corrected chi connectivity index (χ2v) is 4.94. The van der Waals surface area contributed by atoms with E-state index < -0.39 is 18.0 Å². The lowest BCUT2D eigenvalue weighted by Crippen LogP contribution is -2.30. The van der Waals surface area contributed by atoms with Crippen LogP contribution in [0.1, 0.15) is 23.2 Å². The normalized spacial score (nSPS) is 9.85. The molecule has 2 amide bonds. The molecule has 1 rings (SSSR count). The quantitative estimate of drug-likeness (QED) is 0.440. The highest BCUT2D eigenvalue weighted by molar-refractivity contribution is 6.04. The second-order valence-electron chi connectivity index (χ2n) is 4.94. The molecule has 1 aromatic rings. The number of ether oxygens (including phenoxy) is 4. The number of nitrogens with one attached hydrogen (secondary N) is 2. The van der Waals surface area contributed by atoms with Gasteiger partial charge in [0.05, 0.1) is 34.0 Å². The number of urea groups is 1. The maximum absolute atomic E-state index is 12.1. The third-order valence-corrected chi connectivity index (χ3v) is 3.33. The number of carboxylic acids is 1. The van der Waals surface area contributed by atoms with E-state index in [-0.39, 0.29) is 47.9 Å². The summed E-state index contributed by atoms with van der Waals surface area (Å²) in [6, 6.07) is 0.707. The predicted octanol–water partition coefficient (Wildman–Crippen LogP) is 1.49. The van der Waals surface area contributed by atoms with Crippen molar-refractivity contribution in [3.05, 3.63) is 11.6 Å². The molecular weight excluding hydrogens is 348 g/mol. The van der Waals surface area contributed by atoms with Crippen molar-refractivity contribution >= 4 is 23.7 Å². The summed E-state index contributed by atoms with van der Waals surface area (Å²) >= 11 is 0. The SMILES string of the molecule is COC(=O)c1cc(OC)c(OC)c(OC)c1NC(=O)NCCCC(=O)O. The Bertz CT molecular complexity index is 675. The first-order chi connectivity index (χ1) is 12.4. The van der Waals surface area contributed by atoms with Gasteiger partial charge < -0.3 is 34.7 Å². The van der Waals surface area contributed by atoms with Gasteiger partial charge in [-0.15, -0.1) is 0 Å². The molecule has 26 heavy (non-hydrogen) atoms. The van der Waals surface area contributed by atoms with Gasteiger partial charge in [-0.3, -0.25) is 4.79 Å². The molecule has 1 aromatic carbocycles. The summed E-state index contributed by atoms with van der Waals surface area (Å²) in [7, 11) is 5.31. The Hall–Kier alpha value is -3.17. The lowest BCUT2D eigenvalue weighted by atomic mass is 10.1. The zero-order valence-electron chi connectivity index (χ0n) is 15.0. The lowest BCUT2D eigenvalue weighted by Gasteiger charge is -2.19. The van der Waals surface area contributed by atoms with Gasteiger partial charge in [-0.2, -0.15) is 0 Å². The van der Waals surface area contributed by atoms with Crippen LogP contribution < -0.4 is 24.8 Å². The van der Waals surface area contributed by atoms with Crippen molar-refractivity contribution in [1.82, 2.24) is 5.32 Å². The molecule has 0 saturated carbocycles. The molecule has 0 aliphatic carbocycles. The minimum absolute atomic E-state index is 0.00249. The molecule has 0 unspecified atom stereocenters. The number of benzene rings is 1. The molecule has 0 atom stereocenters. The second kappa shape index (κ2) is 9.97. The third kappa shape index (κ3) is 5.16. The number of carbonyl (C=O) groups is 3. The van der Waals surface area contributed by atoms with Crippen LogP contribution in [0.3, 0.4) is 0 Å². The Morgan fingerprint density at radius 1 is 1.04 bits per heavy atom. The summed E-state index contributed by atoms with van der Waals surface area (Å²) in [5.41, 5.74) is 0.0374. The number of aliphatic carboxylic acids is 1. The number of methoxy groups -OCH3 is 4. The van der Waals surface area contributed by atoms with E-state index >= 15 is 0 Å². The zero-order valence-corrected chi connectivity index (χ0v) is 15.0. The predicted molar refractivity (Wildman–Crippen MR) is 91.3 cm³/mol. The van der Waals surface area contributed by atoms with E-state index in [1.54, 1.807) is 0 Å². The Morgan fingerprint density at radius 2 is 1.69 bits per heavy atom. The molecule has 3 N–H and O–H groups in total. The molecule has 0 radical (unpaired) electrons. The fourth-order valence-corrected chi connectivity index (χ4v) is 2.15. The van der Waals surface area contributed by atoms with Crippen LogP contribution in [0.2, 0.25) is 0 Å². The van der Waals surface area contributed by atoms with Crippen molar-refractivity contribution in [2.24, 2.45) is 0 Å². The molecule has 0 saturated heterocycles. The van der Waals surface area contributed by atoms with Gasteiger partial charge in [-0.05, 0) is 6.42 Å². The van der Waals surface area contributed by atoms with Crippen molar-refractivity contribution < 1.29 is 38.4 Å². The fourth-order valence-electron chi connectivity index (χ4n) is 2.15. The number of esters is 1. The molecule has 144 valence electrons. The average Bonchev–Trinajstić information content (AvgIpc) is 2.63. The van der Waals surface area contributed by atoms with Gasteiger partial charge in [0.2, 0.25) is 5.75 Å². The number of carbonyl (C=O) groups excluding carboxylic acids is 2. The Morgan fingerprint density at radius 3 is 2.19 bits per heavy atom. The summed E-state index contributed by atoms with van der Waals surface area (Å²) in [6.45, 7) is 0.140. The summed E-state index contributed by atoms with van der Waals surface area (Å²) in [4.78, 5) is 34.6. The van der Waals surface area contributed by atoms with E-state index in [9.17, 15) is 14.4 Å². The van der Waals surface area contributed by atoms with E-state index in [2.05, 4.69) is 10.6 Å². The van der Waals surface area contributed by atoms with Crippen LogP contribution in [0.4, 0.5) is 10.5 Å². The molecule has 0 aromatic heterocycles. The number of carboxylic acid groups (broad SMARTS) is 1. The summed E-state index contributed by atoms with van der Waals surface area (Å²) in [6.07, 6.45) is 0.184. The monoisotopic (exact) mass is 370 g/mol. The van der Waals surface area contributed by atoms with E-state index in [4.69, 9.17) is 24.1 Å². The van der Waals surface area contributed by atoms with Crippen LogP contribution in [0.5, 0.6) is 17.2 Å². The van der Waals surface area contributed by atoms with E-state index in [1.165, 1.54) is 34.5 Å². The van der Waals surface area contributed by atoms with Gasteiger partial charge in [0.1, 0.15) is 5.69 Å². The minimum Gasteiger partial charge on any atom is -0.493 e. The maximum Gasteiger partial charge on any atom is 0.340 e. The molecule has 10 nitrogen and oxygen atoms in total. The first kappa shape index (κ1) is 20.9. The number of hydrogen-bond acceptors (Lipinski definition) is 7. The van der Waals surface area contributed by atoms with E-state index in [0.717, 1.165) is 0 Å². The average molecular weight is 370 g/mol. The summed E-state index contributed by atoms with van der Waals surface area (Å²) in [5, 5.41) is 13.6. The van der Waals surface area contributed by atoms with Crippen LogP contribution in [-0.2, 0) is 9.53 Å².